The molecule has 2 aromatic rings. The number of nitrogens with one attached hydrogen (secondary N) is 1. The third-order valence-corrected chi connectivity index (χ3v) is 4.32. The van der Waals surface area contributed by atoms with Gasteiger partial charge in [-0.1, -0.05) is 35.5 Å². The maximum Gasteiger partial charge on any atom is 0.224 e. The van der Waals surface area contributed by atoms with Gasteiger partial charge in [-0.15, -0.1) is 0 Å². The Balaban J connectivity index is 1.58. The molecule has 3 rings (SSSR count). The number of hydrogen-bond donors (Lipinski definition) is 2. The Bertz CT molecular complexity index is 656. The summed E-state index contributed by atoms with van der Waals surface area (Å²) < 4.78 is 5.45. The van der Waals surface area contributed by atoms with Crippen molar-refractivity contribution >= 4 is 5.91 Å². The Hall–Kier alpha value is -2.18. The highest BCUT2D eigenvalue weighted by Gasteiger charge is 2.26. The molecule has 1 aromatic carbocycles. The van der Waals surface area contributed by atoms with Crippen LogP contribution >= 0.6 is 0 Å². The highest BCUT2D eigenvalue weighted by Crippen LogP contribution is 2.22. The van der Waals surface area contributed by atoms with Crippen LogP contribution in [0, 0.1) is 5.92 Å². The average molecular weight is 328 g/mol. The first kappa shape index (κ1) is 16.7. The fraction of sp³-hybridized carbons (Fsp3) is 0.444. The van der Waals surface area contributed by atoms with Gasteiger partial charge in [-0.3, -0.25) is 9.69 Å². The second kappa shape index (κ2) is 8.08. The minimum Gasteiger partial charge on any atom is -0.356 e. The summed E-state index contributed by atoms with van der Waals surface area (Å²) >= 11 is 0. The maximum atomic E-state index is 12.1. The minimum absolute atomic E-state index is 0.0331. The van der Waals surface area contributed by atoms with Gasteiger partial charge >= 0.3 is 0 Å². The van der Waals surface area contributed by atoms with Gasteiger partial charge in [-0.2, -0.15) is 0 Å². The van der Waals surface area contributed by atoms with E-state index in [-0.39, 0.29) is 11.8 Å². The molecule has 1 amide bonds. The first-order valence-electron chi connectivity index (χ1n) is 8.47. The predicted octanol–water partition coefficient (Wildman–Crippen LogP) is 1.63. The molecule has 1 unspecified atom stereocenters. The lowest BCUT2D eigenvalue weighted by molar-refractivity contribution is -0.126. The zero-order valence-electron chi connectivity index (χ0n) is 13.8. The van der Waals surface area contributed by atoms with Gasteiger partial charge in [0.15, 0.2) is 5.76 Å². The number of piperidine rings is 1. The van der Waals surface area contributed by atoms with E-state index in [9.17, 15) is 4.79 Å². The van der Waals surface area contributed by atoms with Crippen LogP contribution in [-0.2, 0) is 11.3 Å². The Kier molecular flexibility index (Phi) is 5.61. The van der Waals surface area contributed by atoms with Crippen LogP contribution in [0.3, 0.4) is 0 Å². The van der Waals surface area contributed by atoms with Gasteiger partial charge in [-0.05, 0) is 19.4 Å². The van der Waals surface area contributed by atoms with Crippen molar-refractivity contribution in [3.05, 3.63) is 42.1 Å². The fourth-order valence-corrected chi connectivity index (χ4v) is 3.11. The number of carbonyl (C=O) groups is 1. The van der Waals surface area contributed by atoms with Gasteiger partial charge in [0.1, 0.15) is 0 Å². The third kappa shape index (κ3) is 4.21. The zero-order valence-corrected chi connectivity index (χ0v) is 13.8. The van der Waals surface area contributed by atoms with Crippen LogP contribution in [-0.4, -0.2) is 42.1 Å². The number of nitrogens with two attached hydrogens (primary N) is 1. The summed E-state index contributed by atoms with van der Waals surface area (Å²) in [6.45, 7) is 3.46. The van der Waals surface area contributed by atoms with Crippen LogP contribution in [0.15, 0.2) is 40.9 Å². The van der Waals surface area contributed by atoms with Gasteiger partial charge in [0.05, 0.1) is 11.6 Å². The summed E-state index contributed by atoms with van der Waals surface area (Å²) in [5, 5.41) is 7.06. The van der Waals surface area contributed by atoms with E-state index in [0.29, 0.717) is 19.6 Å². The highest BCUT2D eigenvalue weighted by molar-refractivity contribution is 5.78. The highest BCUT2D eigenvalue weighted by atomic mass is 16.5. The largest absolute Gasteiger partial charge is 0.356 e. The Morgan fingerprint density at radius 1 is 1.38 bits per heavy atom. The van der Waals surface area contributed by atoms with Crippen molar-refractivity contribution in [1.82, 2.24) is 15.4 Å². The molecular formula is C18H24N4O2. The van der Waals surface area contributed by atoms with Gasteiger partial charge in [0.25, 0.3) is 0 Å². The molecule has 0 spiro atoms. The van der Waals surface area contributed by atoms with Gasteiger partial charge in [0, 0.05) is 37.8 Å². The molecule has 1 aliphatic rings. The standard InChI is InChI=1S/C18H24N4O2/c19-8-9-20-18(23)15-7-4-10-22(12-15)13-16-11-17(24-21-16)14-5-2-1-3-6-14/h1-3,5-6,11,15H,4,7-10,12-13,19H2,(H,20,23). The Morgan fingerprint density at radius 2 is 2.21 bits per heavy atom. The molecule has 1 aliphatic heterocycles. The summed E-state index contributed by atoms with van der Waals surface area (Å²) in [6.07, 6.45) is 1.95. The smallest absolute Gasteiger partial charge is 0.224 e. The second-order valence-electron chi connectivity index (χ2n) is 6.20. The molecule has 128 valence electrons. The zero-order chi connectivity index (χ0) is 16.8. The van der Waals surface area contributed by atoms with Gasteiger partial charge < -0.3 is 15.6 Å². The van der Waals surface area contributed by atoms with Crippen molar-refractivity contribution in [3.8, 4) is 11.3 Å². The number of carbonyl (C=O) groups excluding carboxylic acids is 1. The summed E-state index contributed by atoms with van der Waals surface area (Å²) in [5.41, 5.74) is 7.36. The molecule has 1 aromatic heterocycles. The van der Waals surface area contributed by atoms with Crippen LogP contribution in [0.25, 0.3) is 11.3 Å². The van der Waals surface area contributed by atoms with E-state index >= 15 is 0 Å². The van der Waals surface area contributed by atoms with Crippen LogP contribution in [0.4, 0.5) is 0 Å². The van der Waals surface area contributed by atoms with Crippen molar-refractivity contribution < 1.29 is 9.32 Å². The van der Waals surface area contributed by atoms with E-state index in [1.807, 2.05) is 36.4 Å². The van der Waals surface area contributed by atoms with Crippen LogP contribution in [0.1, 0.15) is 18.5 Å². The van der Waals surface area contributed by atoms with E-state index < -0.39 is 0 Å². The van der Waals surface area contributed by atoms with Crippen molar-refractivity contribution in [2.45, 2.75) is 19.4 Å². The fourth-order valence-electron chi connectivity index (χ4n) is 3.11. The number of rotatable bonds is 6. The summed E-state index contributed by atoms with van der Waals surface area (Å²) in [7, 11) is 0. The van der Waals surface area contributed by atoms with Crippen molar-refractivity contribution in [2.24, 2.45) is 11.7 Å². The van der Waals surface area contributed by atoms with Gasteiger partial charge in [0.2, 0.25) is 5.91 Å². The molecule has 1 saturated heterocycles. The van der Waals surface area contributed by atoms with E-state index in [2.05, 4.69) is 15.4 Å². The van der Waals surface area contributed by atoms with Crippen LogP contribution in [0.2, 0.25) is 0 Å². The summed E-state index contributed by atoms with van der Waals surface area (Å²) in [6, 6.07) is 11.9. The van der Waals surface area contributed by atoms with Crippen molar-refractivity contribution in [2.75, 3.05) is 26.2 Å². The number of hydrogen-bond acceptors (Lipinski definition) is 5. The van der Waals surface area contributed by atoms with E-state index in [1.54, 1.807) is 0 Å². The summed E-state index contributed by atoms with van der Waals surface area (Å²) in [4.78, 5) is 14.4. The lowest BCUT2D eigenvalue weighted by atomic mass is 9.97. The molecular weight excluding hydrogens is 304 g/mol. The molecule has 0 bridgehead atoms. The average Bonchev–Trinajstić information content (AvgIpc) is 3.09. The number of benzene rings is 1. The maximum absolute atomic E-state index is 12.1. The predicted molar refractivity (Wildman–Crippen MR) is 92.0 cm³/mol. The molecule has 6 heteroatoms. The van der Waals surface area contributed by atoms with E-state index in [4.69, 9.17) is 10.3 Å². The first-order chi connectivity index (χ1) is 11.8. The minimum atomic E-state index is 0.0331. The Morgan fingerprint density at radius 3 is 3.00 bits per heavy atom. The number of nitrogens with zero attached hydrogens (tertiary/aromatic N) is 2. The quantitative estimate of drug-likeness (QED) is 0.842. The van der Waals surface area contributed by atoms with Crippen molar-refractivity contribution in [1.29, 1.82) is 0 Å². The lowest BCUT2D eigenvalue weighted by Gasteiger charge is -2.31. The first-order valence-corrected chi connectivity index (χ1v) is 8.47. The number of amides is 1. The summed E-state index contributed by atoms with van der Waals surface area (Å²) in [5.74, 6) is 0.918. The number of likely N-dealkylation sites (tertiary alicyclic amines) is 1. The molecule has 2 heterocycles. The normalized spacial score (nSPS) is 18.5. The van der Waals surface area contributed by atoms with Crippen LogP contribution in [0.5, 0.6) is 0 Å². The number of aromatic nitrogens is 1. The molecule has 24 heavy (non-hydrogen) atoms. The van der Waals surface area contributed by atoms with Gasteiger partial charge in [-0.25, -0.2) is 0 Å². The molecule has 3 N–H and O–H groups in total. The molecule has 0 saturated carbocycles. The lowest BCUT2D eigenvalue weighted by Crippen LogP contribution is -2.43. The van der Waals surface area contributed by atoms with E-state index in [1.165, 1.54) is 0 Å². The second-order valence-corrected chi connectivity index (χ2v) is 6.20. The van der Waals surface area contributed by atoms with E-state index in [0.717, 1.165) is 42.9 Å². The monoisotopic (exact) mass is 328 g/mol. The third-order valence-electron chi connectivity index (χ3n) is 4.32. The molecule has 1 fully saturated rings. The molecule has 0 radical (unpaired) electrons. The molecule has 6 nitrogen and oxygen atoms in total. The molecule has 1 atom stereocenters. The van der Waals surface area contributed by atoms with Crippen LogP contribution < -0.4 is 11.1 Å². The topological polar surface area (TPSA) is 84.4 Å². The SMILES string of the molecule is NCCNC(=O)C1CCCN(Cc2cc(-c3ccccc3)on2)C1. The molecule has 0 aliphatic carbocycles. The Labute approximate surface area is 142 Å². The van der Waals surface area contributed by atoms with Crippen molar-refractivity contribution in [3.63, 3.8) is 0 Å².